The standard InChI is InChI=1S/C17H18N2O3S3/c1-12(2)25(21,22)19(14-6-4-13(5-7-14)10-11-18)17(20)15-8-9-16(23-3)24-15/h4-9,12H,10H2,1-3H3. The van der Waals surface area contributed by atoms with E-state index in [1.807, 2.05) is 12.3 Å². The van der Waals surface area contributed by atoms with Crippen molar-refractivity contribution in [2.75, 3.05) is 10.6 Å². The van der Waals surface area contributed by atoms with Gasteiger partial charge in [-0.15, -0.1) is 23.1 Å². The molecule has 0 aliphatic heterocycles. The number of nitriles is 1. The molecule has 8 heteroatoms. The SMILES string of the molecule is CSc1ccc(C(=O)N(c2ccc(CC#N)cc2)S(=O)(=O)C(C)C)s1. The molecule has 2 aromatic rings. The number of nitrogens with zero attached hydrogens (tertiary/aromatic N) is 2. The molecule has 0 N–H and O–H groups in total. The Bertz CT molecular complexity index is 894. The van der Waals surface area contributed by atoms with E-state index in [-0.39, 0.29) is 12.1 Å². The highest BCUT2D eigenvalue weighted by atomic mass is 32.2. The van der Waals surface area contributed by atoms with Gasteiger partial charge >= 0.3 is 0 Å². The fourth-order valence-corrected chi connectivity index (χ4v) is 4.77. The molecule has 0 aliphatic rings. The Morgan fingerprint density at radius 3 is 2.36 bits per heavy atom. The average Bonchev–Trinajstić information content (AvgIpc) is 3.05. The Morgan fingerprint density at radius 2 is 1.88 bits per heavy atom. The smallest absolute Gasteiger partial charge is 0.267 e. The van der Waals surface area contributed by atoms with Crippen molar-refractivity contribution in [2.24, 2.45) is 0 Å². The third-order valence-corrected chi connectivity index (χ3v) is 7.72. The minimum atomic E-state index is -3.84. The zero-order chi connectivity index (χ0) is 18.6. The van der Waals surface area contributed by atoms with Crippen molar-refractivity contribution in [3.8, 4) is 6.07 Å². The van der Waals surface area contributed by atoms with Crippen molar-refractivity contribution in [1.29, 1.82) is 5.26 Å². The highest BCUT2D eigenvalue weighted by Crippen LogP contribution is 2.30. The van der Waals surface area contributed by atoms with Gasteiger partial charge in [-0.3, -0.25) is 4.79 Å². The lowest BCUT2D eigenvalue weighted by atomic mass is 10.1. The quantitative estimate of drug-likeness (QED) is 0.694. The van der Waals surface area contributed by atoms with Crippen LogP contribution in [0.15, 0.2) is 40.6 Å². The number of hydrogen-bond acceptors (Lipinski definition) is 6. The number of sulfonamides is 1. The first-order valence-electron chi connectivity index (χ1n) is 7.49. The topological polar surface area (TPSA) is 78.2 Å². The number of carbonyl (C=O) groups is 1. The van der Waals surface area contributed by atoms with Gasteiger partial charge in [-0.05, 0) is 49.9 Å². The van der Waals surface area contributed by atoms with Crippen LogP contribution in [0, 0.1) is 11.3 Å². The average molecular weight is 395 g/mol. The number of hydrogen-bond donors (Lipinski definition) is 0. The van der Waals surface area contributed by atoms with Gasteiger partial charge in [0.25, 0.3) is 5.91 Å². The third-order valence-electron chi connectivity index (χ3n) is 3.48. The number of amides is 1. The van der Waals surface area contributed by atoms with Gasteiger partial charge in [0, 0.05) is 0 Å². The van der Waals surface area contributed by atoms with Crippen molar-refractivity contribution in [3.05, 3.63) is 46.8 Å². The molecule has 0 saturated carbocycles. The van der Waals surface area contributed by atoms with E-state index in [9.17, 15) is 13.2 Å². The summed E-state index contributed by atoms with van der Waals surface area (Å²) < 4.78 is 27.4. The van der Waals surface area contributed by atoms with E-state index in [1.165, 1.54) is 23.1 Å². The summed E-state index contributed by atoms with van der Waals surface area (Å²) in [6.45, 7) is 3.09. The second-order valence-electron chi connectivity index (χ2n) is 5.49. The van der Waals surface area contributed by atoms with Gasteiger partial charge in [0.15, 0.2) is 0 Å². The summed E-state index contributed by atoms with van der Waals surface area (Å²) in [4.78, 5) is 13.3. The summed E-state index contributed by atoms with van der Waals surface area (Å²) >= 11 is 2.77. The van der Waals surface area contributed by atoms with Crippen molar-refractivity contribution < 1.29 is 13.2 Å². The first-order valence-corrected chi connectivity index (χ1v) is 11.0. The van der Waals surface area contributed by atoms with Crippen LogP contribution in [0.25, 0.3) is 0 Å². The molecular weight excluding hydrogens is 376 g/mol. The van der Waals surface area contributed by atoms with E-state index < -0.39 is 21.2 Å². The van der Waals surface area contributed by atoms with Gasteiger partial charge in [0.2, 0.25) is 10.0 Å². The summed E-state index contributed by atoms with van der Waals surface area (Å²) in [5.41, 5.74) is 1.04. The van der Waals surface area contributed by atoms with Gasteiger partial charge in [0.05, 0.1) is 32.5 Å². The van der Waals surface area contributed by atoms with Crippen LogP contribution in [-0.4, -0.2) is 25.8 Å². The molecule has 25 heavy (non-hydrogen) atoms. The molecule has 5 nitrogen and oxygen atoms in total. The van der Waals surface area contributed by atoms with Gasteiger partial charge in [-0.25, -0.2) is 12.7 Å². The minimum Gasteiger partial charge on any atom is -0.267 e. The Kier molecular flexibility index (Phi) is 6.27. The molecule has 1 heterocycles. The highest BCUT2D eigenvalue weighted by Gasteiger charge is 2.33. The molecule has 1 aromatic carbocycles. The number of thiophene rings is 1. The molecule has 1 amide bonds. The molecule has 0 radical (unpaired) electrons. The lowest BCUT2D eigenvalue weighted by Crippen LogP contribution is -2.40. The van der Waals surface area contributed by atoms with Crippen LogP contribution in [0.4, 0.5) is 5.69 Å². The number of anilines is 1. The minimum absolute atomic E-state index is 0.229. The summed E-state index contributed by atoms with van der Waals surface area (Å²) in [5.74, 6) is -0.563. The molecule has 0 unspecified atom stereocenters. The predicted octanol–water partition coefficient (Wildman–Crippen LogP) is 3.92. The maximum absolute atomic E-state index is 12.9. The monoisotopic (exact) mass is 394 g/mol. The zero-order valence-electron chi connectivity index (χ0n) is 14.1. The molecule has 0 fully saturated rings. The second-order valence-corrected chi connectivity index (χ2v) is 10.0. The zero-order valence-corrected chi connectivity index (χ0v) is 16.5. The third kappa shape index (κ3) is 4.24. The van der Waals surface area contributed by atoms with Crippen LogP contribution >= 0.6 is 23.1 Å². The molecule has 132 valence electrons. The largest absolute Gasteiger partial charge is 0.282 e. The van der Waals surface area contributed by atoms with E-state index >= 15 is 0 Å². The Hall–Kier alpha value is -1.82. The van der Waals surface area contributed by atoms with Crippen LogP contribution in [0.2, 0.25) is 0 Å². The van der Waals surface area contributed by atoms with Crippen molar-refractivity contribution in [3.63, 3.8) is 0 Å². The van der Waals surface area contributed by atoms with E-state index in [0.717, 1.165) is 14.1 Å². The Morgan fingerprint density at radius 1 is 1.24 bits per heavy atom. The molecule has 0 bridgehead atoms. The molecule has 2 rings (SSSR count). The maximum Gasteiger partial charge on any atom is 0.282 e. The van der Waals surface area contributed by atoms with Crippen LogP contribution < -0.4 is 4.31 Å². The van der Waals surface area contributed by atoms with Crippen LogP contribution in [0.3, 0.4) is 0 Å². The number of benzene rings is 1. The summed E-state index contributed by atoms with van der Waals surface area (Å²) in [6.07, 6.45) is 2.13. The van der Waals surface area contributed by atoms with Gasteiger partial charge in [-0.1, -0.05) is 12.1 Å². The van der Waals surface area contributed by atoms with Gasteiger partial charge in [0.1, 0.15) is 0 Å². The Labute approximate surface area is 156 Å². The first-order chi connectivity index (χ1) is 11.8. The predicted molar refractivity (Wildman–Crippen MR) is 103 cm³/mol. The van der Waals surface area contributed by atoms with Crippen molar-refractivity contribution in [1.82, 2.24) is 0 Å². The normalized spacial score (nSPS) is 11.3. The number of thioether (sulfide) groups is 1. The van der Waals surface area contributed by atoms with Crippen LogP contribution in [-0.2, 0) is 16.4 Å². The van der Waals surface area contributed by atoms with E-state index in [2.05, 4.69) is 0 Å². The highest BCUT2D eigenvalue weighted by molar-refractivity contribution is 8.00. The van der Waals surface area contributed by atoms with E-state index in [0.29, 0.717) is 4.88 Å². The van der Waals surface area contributed by atoms with Crippen molar-refractivity contribution in [2.45, 2.75) is 29.7 Å². The second kappa shape index (κ2) is 8.04. The van der Waals surface area contributed by atoms with Crippen molar-refractivity contribution >= 4 is 44.7 Å². The fourth-order valence-electron chi connectivity index (χ4n) is 2.08. The lowest BCUT2D eigenvalue weighted by Gasteiger charge is -2.24. The summed E-state index contributed by atoms with van der Waals surface area (Å²) in [7, 11) is -3.84. The molecule has 1 aromatic heterocycles. The number of carbonyl (C=O) groups excluding carboxylic acids is 1. The molecular formula is C17H18N2O3S3. The van der Waals surface area contributed by atoms with Gasteiger partial charge < -0.3 is 0 Å². The first kappa shape index (κ1) is 19.5. The lowest BCUT2D eigenvalue weighted by molar-refractivity contribution is 0.101. The van der Waals surface area contributed by atoms with Crippen LogP contribution in [0.1, 0.15) is 29.1 Å². The summed E-state index contributed by atoms with van der Waals surface area (Å²) in [5, 5.41) is 8.01. The summed E-state index contributed by atoms with van der Waals surface area (Å²) in [6, 6.07) is 11.9. The Balaban J connectivity index is 2.50. The number of rotatable bonds is 6. The van der Waals surface area contributed by atoms with E-state index in [1.54, 1.807) is 50.2 Å². The van der Waals surface area contributed by atoms with Crippen LogP contribution in [0.5, 0.6) is 0 Å². The molecule has 0 spiro atoms. The molecule has 0 saturated heterocycles. The molecule has 0 atom stereocenters. The molecule has 0 aliphatic carbocycles. The van der Waals surface area contributed by atoms with Gasteiger partial charge in [-0.2, -0.15) is 5.26 Å². The van der Waals surface area contributed by atoms with E-state index in [4.69, 9.17) is 5.26 Å². The maximum atomic E-state index is 12.9. The fraction of sp³-hybridized carbons (Fsp3) is 0.294.